The van der Waals surface area contributed by atoms with Gasteiger partial charge < -0.3 is 20.4 Å². The lowest BCUT2D eigenvalue weighted by Gasteiger charge is -2.15. The van der Waals surface area contributed by atoms with Crippen molar-refractivity contribution >= 4 is 22.5 Å². The number of nitrogens with zero attached hydrogens (tertiary/aromatic N) is 2. The molecule has 3 rings (SSSR count). The number of primary amides is 1. The van der Waals surface area contributed by atoms with Crippen molar-refractivity contribution in [2.24, 2.45) is 5.73 Å². The van der Waals surface area contributed by atoms with E-state index in [9.17, 15) is 19.5 Å². The van der Waals surface area contributed by atoms with Gasteiger partial charge in [-0.15, -0.1) is 0 Å². The van der Waals surface area contributed by atoms with Crippen LogP contribution >= 0.6 is 0 Å². The van der Waals surface area contributed by atoms with E-state index in [1.54, 1.807) is 43.3 Å². The van der Waals surface area contributed by atoms with Crippen molar-refractivity contribution in [2.45, 2.75) is 32.4 Å². The first-order valence-electron chi connectivity index (χ1n) is 9.54. The van der Waals surface area contributed by atoms with Crippen LogP contribution in [0.5, 0.6) is 5.75 Å². The molecule has 0 aliphatic heterocycles. The average Bonchev–Trinajstić information content (AvgIpc) is 2.73. The van der Waals surface area contributed by atoms with Crippen LogP contribution in [-0.2, 0) is 17.8 Å². The molecular weight excluding hydrogens is 386 g/mol. The highest BCUT2D eigenvalue weighted by Gasteiger charge is 2.16. The fraction of sp³-hybridized carbons (Fsp3) is 0.273. The molecule has 0 saturated carbocycles. The number of hydrogen-bond donors (Lipinski definition) is 2. The molecule has 30 heavy (non-hydrogen) atoms. The Bertz CT molecular complexity index is 1120. The van der Waals surface area contributed by atoms with Gasteiger partial charge in [0.25, 0.3) is 11.5 Å². The topological polar surface area (TPSA) is 125 Å². The third-order valence-corrected chi connectivity index (χ3v) is 4.62. The first-order valence-corrected chi connectivity index (χ1v) is 9.54. The number of rotatable bonds is 9. The van der Waals surface area contributed by atoms with E-state index in [1.165, 1.54) is 0 Å². The van der Waals surface area contributed by atoms with Crippen LogP contribution in [0.2, 0.25) is 0 Å². The number of benzene rings is 2. The van der Waals surface area contributed by atoms with Crippen LogP contribution < -0.4 is 16.0 Å². The fourth-order valence-electron chi connectivity index (χ4n) is 3.06. The second kappa shape index (κ2) is 9.32. The van der Waals surface area contributed by atoms with E-state index in [2.05, 4.69) is 5.10 Å². The number of ketones is 1. The predicted octanol–water partition coefficient (Wildman–Crippen LogP) is 1.46. The highest BCUT2D eigenvalue weighted by atomic mass is 16.5. The summed E-state index contributed by atoms with van der Waals surface area (Å²) >= 11 is 0. The zero-order valence-electron chi connectivity index (χ0n) is 16.6. The first-order chi connectivity index (χ1) is 14.3. The zero-order valence-corrected chi connectivity index (χ0v) is 16.6. The molecule has 0 spiro atoms. The number of amides is 1. The van der Waals surface area contributed by atoms with Crippen molar-refractivity contribution in [1.29, 1.82) is 0 Å². The minimum atomic E-state index is -1.03. The van der Waals surface area contributed by atoms with Gasteiger partial charge in [0.05, 0.1) is 11.9 Å². The smallest absolute Gasteiger partial charge is 0.274 e. The number of aliphatic hydroxyl groups excluding tert-OH is 1. The number of fused-ring (bicyclic) bond motifs is 1. The molecule has 8 heteroatoms. The number of carbonyl (C=O) groups is 2. The molecule has 0 saturated heterocycles. The van der Waals surface area contributed by atoms with Gasteiger partial charge in [0, 0.05) is 11.8 Å². The maximum Gasteiger partial charge on any atom is 0.274 e. The normalized spacial score (nSPS) is 11.9. The third kappa shape index (κ3) is 5.09. The van der Waals surface area contributed by atoms with E-state index >= 15 is 0 Å². The Labute approximate surface area is 172 Å². The number of ether oxygens (including phenoxy) is 1. The summed E-state index contributed by atoms with van der Waals surface area (Å²) in [6.07, 6.45) is 0.117. The Kier molecular flexibility index (Phi) is 6.58. The number of Topliss-reactive ketones (excluding diaryl/α,β-unsaturated/α-hetero) is 1. The van der Waals surface area contributed by atoms with Gasteiger partial charge in [-0.1, -0.05) is 30.3 Å². The number of nitrogens with two attached hydrogens (primary N) is 1. The molecule has 156 valence electrons. The van der Waals surface area contributed by atoms with Crippen LogP contribution in [0.25, 0.3) is 10.8 Å². The van der Waals surface area contributed by atoms with Crippen LogP contribution in [0.1, 0.15) is 29.4 Å². The lowest BCUT2D eigenvalue weighted by atomic mass is 10.1. The highest BCUT2D eigenvalue weighted by molar-refractivity contribution is 6.03. The van der Waals surface area contributed by atoms with Crippen LogP contribution in [0.4, 0.5) is 0 Å². The largest absolute Gasteiger partial charge is 0.491 e. The SMILES string of the molecule is CC(=O)CCc1ccc(OC[C@H](O)Cn2nc(C(N)=O)c3ccccc3c2=O)cc1. The van der Waals surface area contributed by atoms with Crippen molar-refractivity contribution < 1.29 is 19.4 Å². The molecule has 0 radical (unpaired) electrons. The Morgan fingerprint density at radius 2 is 1.80 bits per heavy atom. The zero-order chi connectivity index (χ0) is 21.7. The van der Waals surface area contributed by atoms with Gasteiger partial charge in [0.1, 0.15) is 24.2 Å². The molecule has 0 fully saturated rings. The Balaban J connectivity index is 1.68. The van der Waals surface area contributed by atoms with Gasteiger partial charge in [-0.3, -0.25) is 9.59 Å². The van der Waals surface area contributed by atoms with E-state index in [0.29, 0.717) is 29.4 Å². The van der Waals surface area contributed by atoms with Crippen LogP contribution in [-0.4, -0.2) is 39.3 Å². The van der Waals surface area contributed by atoms with Crippen molar-refractivity contribution in [3.05, 3.63) is 70.1 Å². The molecule has 3 N–H and O–H groups in total. The van der Waals surface area contributed by atoms with E-state index in [1.807, 2.05) is 12.1 Å². The third-order valence-electron chi connectivity index (χ3n) is 4.62. The Morgan fingerprint density at radius 3 is 2.43 bits per heavy atom. The van der Waals surface area contributed by atoms with Crippen molar-refractivity contribution in [3.63, 3.8) is 0 Å². The summed E-state index contributed by atoms with van der Waals surface area (Å²) in [6, 6.07) is 13.8. The van der Waals surface area contributed by atoms with Gasteiger partial charge in [-0.25, -0.2) is 4.68 Å². The monoisotopic (exact) mass is 409 g/mol. The fourth-order valence-corrected chi connectivity index (χ4v) is 3.06. The van der Waals surface area contributed by atoms with Crippen molar-refractivity contribution in [2.75, 3.05) is 6.61 Å². The molecule has 1 aromatic heterocycles. The lowest BCUT2D eigenvalue weighted by molar-refractivity contribution is -0.116. The molecule has 2 aromatic carbocycles. The first kappa shape index (κ1) is 21.2. The predicted molar refractivity (Wildman–Crippen MR) is 111 cm³/mol. The maximum atomic E-state index is 12.6. The molecular formula is C22H23N3O5. The van der Waals surface area contributed by atoms with Crippen molar-refractivity contribution in [3.8, 4) is 5.75 Å². The van der Waals surface area contributed by atoms with Gasteiger partial charge in [0.2, 0.25) is 0 Å². The number of aliphatic hydroxyl groups is 1. The summed E-state index contributed by atoms with van der Waals surface area (Å²) in [5.41, 5.74) is 5.95. The van der Waals surface area contributed by atoms with E-state index < -0.39 is 17.6 Å². The van der Waals surface area contributed by atoms with Gasteiger partial charge in [-0.05, 0) is 37.1 Å². The lowest BCUT2D eigenvalue weighted by Crippen LogP contribution is -2.34. The second-order valence-corrected chi connectivity index (χ2v) is 7.06. The number of aryl methyl sites for hydroxylation is 1. The van der Waals surface area contributed by atoms with Crippen LogP contribution in [0.3, 0.4) is 0 Å². The summed E-state index contributed by atoms with van der Waals surface area (Å²) in [7, 11) is 0. The maximum absolute atomic E-state index is 12.6. The van der Waals surface area contributed by atoms with E-state index in [-0.39, 0.29) is 24.6 Å². The quantitative estimate of drug-likeness (QED) is 0.551. The molecule has 8 nitrogen and oxygen atoms in total. The molecule has 0 aliphatic rings. The number of aromatic nitrogens is 2. The van der Waals surface area contributed by atoms with E-state index in [0.717, 1.165) is 10.2 Å². The molecule has 0 bridgehead atoms. The second-order valence-electron chi connectivity index (χ2n) is 7.06. The molecule has 3 aromatic rings. The Hall–Kier alpha value is -3.52. The molecule has 0 aliphatic carbocycles. The molecule has 1 atom stereocenters. The minimum Gasteiger partial charge on any atom is -0.491 e. The summed E-state index contributed by atoms with van der Waals surface area (Å²) in [4.78, 5) is 35.4. The summed E-state index contributed by atoms with van der Waals surface area (Å²) < 4.78 is 6.60. The summed E-state index contributed by atoms with van der Waals surface area (Å²) in [5, 5.41) is 15.0. The van der Waals surface area contributed by atoms with Crippen LogP contribution in [0.15, 0.2) is 53.3 Å². The van der Waals surface area contributed by atoms with Gasteiger partial charge >= 0.3 is 0 Å². The summed E-state index contributed by atoms with van der Waals surface area (Å²) in [6.45, 7) is 1.33. The number of carbonyl (C=O) groups excluding carboxylic acids is 2. The average molecular weight is 409 g/mol. The van der Waals surface area contributed by atoms with Crippen LogP contribution in [0, 0.1) is 0 Å². The number of hydrogen-bond acceptors (Lipinski definition) is 6. The molecule has 1 amide bonds. The highest BCUT2D eigenvalue weighted by Crippen LogP contribution is 2.15. The standard InChI is InChI=1S/C22H23N3O5/c1-14(26)6-7-15-8-10-17(11-9-15)30-13-16(27)12-25-22(29)19-5-3-2-4-18(19)20(24-25)21(23)28/h2-5,8-11,16,27H,6-7,12-13H2,1H3,(H2,23,28)/t16-/m1/s1. The Morgan fingerprint density at radius 1 is 1.13 bits per heavy atom. The van der Waals surface area contributed by atoms with Crippen molar-refractivity contribution in [1.82, 2.24) is 9.78 Å². The molecule has 1 heterocycles. The van der Waals surface area contributed by atoms with Gasteiger partial charge in [0.15, 0.2) is 5.69 Å². The van der Waals surface area contributed by atoms with E-state index in [4.69, 9.17) is 10.5 Å². The molecule has 0 unspecified atom stereocenters. The summed E-state index contributed by atoms with van der Waals surface area (Å²) in [5.74, 6) is -0.0664. The van der Waals surface area contributed by atoms with Gasteiger partial charge in [-0.2, -0.15) is 5.10 Å². The minimum absolute atomic E-state index is 0.0283.